The van der Waals surface area contributed by atoms with Gasteiger partial charge in [-0.25, -0.2) is 0 Å². The molecule has 1 unspecified atom stereocenters. The number of aromatic nitrogens is 1. The summed E-state index contributed by atoms with van der Waals surface area (Å²) in [6, 6.07) is 3.36. The lowest BCUT2D eigenvalue weighted by atomic mass is 10.2. The van der Waals surface area contributed by atoms with Gasteiger partial charge in [-0.1, -0.05) is 0 Å². The van der Waals surface area contributed by atoms with Crippen LogP contribution in [-0.2, 0) is 6.54 Å². The number of nitrogens with zero attached hydrogens (tertiary/aromatic N) is 2. The number of rotatable bonds is 4. The van der Waals surface area contributed by atoms with Gasteiger partial charge in [-0.05, 0) is 25.5 Å². The highest BCUT2D eigenvalue weighted by Gasteiger charge is 2.22. The van der Waals surface area contributed by atoms with E-state index in [1.807, 2.05) is 0 Å². The van der Waals surface area contributed by atoms with Gasteiger partial charge in [-0.15, -0.1) is 0 Å². The highest BCUT2D eigenvalue weighted by molar-refractivity contribution is 5.33. The van der Waals surface area contributed by atoms with Gasteiger partial charge in [0.2, 0.25) is 0 Å². The number of aliphatic hydroxyl groups is 1. The van der Waals surface area contributed by atoms with E-state index in [1.165, 1.54) is 6.07 Å². The molecule has 0 saturated carbocycles. The third-order valence-electron chi connectivity index (χ3n) is 3.34. The second-order valence-corrected chi connectivity index (χ2v) is 4.51. The number of hydrogen-bond acceptors (Lipinski definition) is 4. The maximum Gasteiger partial charge on any atom is 0.250 e. The van der Waals surface area contributed by atoms with E-state index >= 15 is 0 Å². The predicted octanol–water partition coefficient (Wildman–Crippen LogP) is -0.113. The molecule has 0 spiro atoms. The topological polar surface area (TPSA) is 71.5 Å². The Kier molecular flexibility index (Phi) is 3.81. The molecule has 1 atom stereocenters. The molecule has 2 heterocycles. The van der Waals surface area contributed by atoms with Crippen LogP contribution in [0.15, 0.2) is 23.1 Å². The SMILES string of the molecule is Nc1ccc(=O)n(CCN2CCCC2CO)c1. The zero-order valence-electron chi connectivity index (χ0n) is 9.88. The van der Waals surface area contributed by atoms with Crippen LogP contribution in [0.3, 0.4) is 0 Å². The minimum Gasteiger partial charge on any atom is -0.398 e. The average Bonchev–Trinajstić information content (AvgIpc) is 2.77. The Morgan fingerprint density at radius 2 is 2.24 bits per heavy atom. The van der Waals surface area contributed by atoms with Gasteiger partial charge >= 0.3 is 0 Å². The normalized spacial score (nSPS) is 20.9. The molecule has 5 nitrogen and oxygen atoms in total. The number of nitrogen functional groups attached to an aromatic ring is 1. The summed E-state index contributed by atoms with van der Waals surface area (Å²) in [7, 11) is 0. The molecule has 17 heavy (non-hydrogen) atoms. The van der Waals surface area contributed by atoms with Crippen molar-refractivity contribution in [3.8, 4) is 0 Å². The van der Waals surface area contributed by atoms with Crippen LogP contribution in [0.4, 0.5) is 5.69 Å². The Labute approximate surface area is 100 Å². The van der Waals surface area contributed by atoms with Crippen molar-refractivity contribution in [1.82, 2.24) is 9.47 Å². The molecule has 0 aliphatic carbocycles. The highest BCUT2D eigenvalue weighted by atomic mass is 16.3. The minimum atomic E-state index is -0.0288. The fraction of sp³-hybridized carbons (Fsp3) is 0.583. The molecule has 1 fully saturated rings. The fourth-order valence-electron chi connectivity index (χ4n) is 2.36. The van der Waals surface area contributed by atoms with Gasteiger partial charge in [-0.2, -0.15) is 0 Å². The van der Waals surface area contributed by atoms with Gasteiger partial charge in [0.15, 0.2) is 0 Å². The van der Waals surface area contributed by atoms with Crippen LogP contribution >= 0.6 is 0 Å². The smallest absolute Gasteiger partial charge is 0.250 e. The minimum absolute atomic E-state index is 0.0288. The molecule has 0 bridgehead atoms. The van der Waals surface area contributed by atoms with E-state index < -0.39 is 0 Å². The monoisotopic (exact) mass is 237 g/mol. The van der Waals surface area contributed by atoms with E-state index in [1.54, 1.807) is 16.8 Å². The van der Waals surface area contributed by atoms with Crippen molar-refractivity contribution in [2.45, 2.75) is 25.4 Å². The Morgan fingerprint density at radius 3 is 3.00 bits per heavy atom. The first-order valence-electron chi connectivity index (χ1n) is 6.01. The van der Waals surface area contributed by atoms with E-state index in [4.69, 9.17) is 5.73 Å². The number of anilines is 1. The van der Waals surface area contributed by atoms with Gasteiger partial charge in [-0.3, -0.25) is 9.69 Å². The first-order valence-corrected chi connectivity index (χ1v) is 6.01. The van der Waals surface area contributed by atoms with Crippen molar-refractivity contribution in [2.75, 3.05) is 25.4 Å². The quantitative estimate of drug-likeness (QED) is 0.766. The third-order valence-corrected chi connectivity index (χ3v) is 3.34. The van der Waals surface area contributed by atoms with Gasteiger partial charge in [0.25, 0.3) is 5.56 Å². The molecule has 0 radical (unpaired) electrons. The van der Waals surface area contributed by atoms with Crippen molar-refractivity contribution in [3.63, 3.8) is 0 Å². The van der Waals surface area contributed by atoms with Crippen LogP contribution in [0, 0.1) is 0 Å². The zero-order valence-corrected chi connectivity index (χ0v) is 9.88. The third kappa shape index (κ3) is 2.87. The summed E-state index contributed by atoms with van der Waals surface area (Å²) in [5.74, 6) is 0. The second-order valence-electron chi connectivity index (χ2n) is 4.51. The number of likely N-dealkylation sites (tertiary alicyclic amines) is 1. The molecule has 94 valence electrons. The first-order chi connectivity index (χ1) is 8.20. The van der Waals surface area contributed by atoms with Gasteiger partial charge in [0, 0.05) is 37.1 Å². The molecular formula is C12H19N3O2. The van der Waals surface area contributed by atoms with E-state index in [-0.39, 0.29) is 18.2 Å². The highest BCUT2D eigenvalue weighted by Crippen LogP contribution is 2.15. The Hall–Kier alpha value is -1.33. The number of hydrogen-bond donors (Lipinski definition) is 2. The summed E-state index contributed by atoms with van der Waals surface area (Å²) in [5.41, 5.74) is 6.22. The number of nitrogens with two attached hydrogens (primary N) is 1. The standard InChI is InChI=1S/C12H19N3O2/c13-10-3-4-12(17)15(8-10)7-6-14-5-1-2-11(14)9-16/h3-4,8,11,16H,1-2,5-7,9,13H2. The summed E-state index contributed by atoms with van der Waals surface area (Å²) in [6.07, 6.45) is 3.84. The van der Waals surface area contributed by atoms with Crippen molar-refractivity contribution in [3.05, 3.63) is 28.7 Å². The lowest BCUT2D eigenvalue weighted by molar-refractivity contribution is 0.155. The molecule has 1 aliphatic rings. The predicted molar refractivity (Wildman–Crippen MR) is 66.8 cm³/mol. The van der Waals surface area contributed by atoms with Gasteiger partial charge < -0.3 is 15.4 Å². The van der Waals surface area contributed by atoms with Crippen LogP contribution < -0.4 is 11.3 Å². The number of pyridine rings is 1. The van der Waals surface area contributed by atoms with E-state index in [0.717, 1.165) is 25.9 Å². The summed E-state index contributed by atoms with van der Waals surface area (Å²) in [4.78, 5) is 13.8. The molecule has 1 saturated heterocycles. The fourth-order valence-corrected chi connectivity index (χ4v) is 2.36. The van der Waals surface area contributed by atoms with E-state index in [0.29, 0.717) is 12.2 Å². The zero-order chi connectivity index (χ0) is 12.3. The van der Waals surface area contributed by atoms with Crippen LogP contribution in [-0.4, -0.2) is 40.3 Å². The summed E-state index contributed by atoms with van der Waals surface area (Å²) >= 11 is 0. The molecule has 0 aromatic carbocycles. The molecule has 0 amide bonds. The molecule has 2 rings (SSSR count). The van der Waals surface area contributed by atoms with E-state index in [2.05, 4.69) is 4.90 Å². The summed E-state index contributed by atoms with van der Waals surface area (Å²) in [6.45, 7) is 2.61. The largest absolute Gasteiger partial charge is 0.398 e. The van der Waals surface area contributed by atoms with Crippen LogP contribution in [0.5, 0.6) is 0 Å². The molecule has 1 aliphatic heterocycles. The Bertz CT molecular complexity index is 430. The van der Waals surface area contributed by atoms with Crippen molar-refractivity contribution >= 4 is 5.69 Å². The van der Waals surface area contributed by atoms with Gasteiger partial charge in [0.05, 0.1) is 6.61 Å². The molecular weight excluding hydrogens is 218 g/mol. The van der Waals surface area contributed by atoms with E-state index in [9.17, 15) is 9.90 Å². The number of aliphatic hydroxyl groups excluding tert-OH is 1. The average molecular weight is 237 g/mol. The van der Waals surface area contributed by atoms with Gasteiger partial charge in [0.1, 0.15) is 0 Å². The summed E-state index contributed by atoms with van der Waals surface area (Å²) in [5, 5.41) is 9.20. The Morgan fingerprint density at radius 1 is 1.41 bits per heavy atom. The summed E-state index contributed by atoms with van der Waals surface area (Å²) < 4.78 is 1.63. The lowest BCUT2D eigenvalue weighted by Crippen LogP contribution is -2.36. The molecule has 1 aromatic heterocycles. The maximum absolute atomic E-state index is 11.6. The van der Waals surface area contributed by atoms with Crippen LogP contribution in [0.1, 0.15) is 12.8 Å². The molecule has 3 N–H and O–H groups in total. The van der Waals surface area contributed by atoms with Crippen LogP contribution in [0.25, 0.3) is 0 Å². The molecule has 1 aromatic rings. The van der Waals surface area contributed by atoms with Crippen molar-refractivity contribution in [2.24, 2.45) is 0 Å². The van der Waals surface area contributed by atoms with Crippen molar-refractivity contribution < 1.29 is 5.11 Å². The lowest BCUT2D eigenvalue weighted by Gasteiger charge is -2.22. The first kappa shape index (κ1) is 12.1. The molecule has 5 heteroatoms. The Balaban J connectivity index is 1.97. The maximum atomic E-state index is 11.6. The van der Waals surface area contributed by atoms with Crippen molar-refractivity contribution in [1.29, 1.82) is 0 Å². The van der Waals surface area contributed by atoms with Crippen LogP contribution in [0.2, 0.25) is 0 Å². The second kappa shape index (κ2) is 5.33.